The molecule has 0 saturated carbocycles. The number of nitrogens with one attached hydrogen (secondary N) is 2. The number of likely N-dealkylation sites (tertiary alicyclic amines) is 1. The van der Waals surface area contributed by atoms with Crippen LogP contribution in [0.5, 0.6) is 5.75 Å². The number of halogens is 1. The Kier molecular flexibility index (Phi) is 4.95. The fraction of sp³-hybridized carbons (Fsp3) is 0.350. The van der Waals surface area contributed by atoms with Gasteiger partial charge in [0.2, 0.25) is 0 Å². The SMILES string of the molecule is Cc1nc(-c2[nH]c3ccc(O)cc3c2C=O)nc(NCCN2CCCC2)c1F. The second kappa shape index (κ2) is 7.55. The van der Waals surface area contributed by atoms with Crippen LogP contribution >= 0.6 is 0 Å². The Balaban J connectivity index is 1.67. The lowest BCUT2D eigenvalue weighted by atomic mass is 10.1. The molecule has 0 atom stereocenters. The number of phenolic OH excluding ortho intramolecular Hbond substituents is 1. The van der Waals surface area contributed by atoms with Crippen molar-refractivity contribution in [1.29, 1.82) is 0 Å². The molecular weight excluding hydrogens is 361 g/mol. The Hall–Kier alpha value is -3.00. The molecule has 8 heteroatoms. The fourth-order valence-corrected chi connectivity index (χ4v) is 3.63. The van der Waals surface area contributed by atoms with Gasteiger partial charge in [-0.2, -0.15) is 0 Å². The van der Waals surface area contributed by atoms with E-state index in [-0.39, 0.29) is 23.1 Å². The Labute approximate surface area is 161 Å². The third-order valence-corrected chi connectivity index (χ3v) is 5.10. The summed E-state index contributed by atoms with van der Waals surface area (Å²) in [7, 11) is 0. The van der Waals surface area contributed by atoms with Crippen molar-refractivity contribution in [3.05, 3.63) is 35.3 Å². The standard InChI is InChI=1S/C20H22FN5O2/c1-12-17(21)19(22-6-9-26-7-2-3-8-26)25-20(23-12)18-15(11-27)14-10-13(28)4-5-16(14)24-18/h4-5,10-11,24,28H,2-3,6-9H2,1H3,(H,22,23,25). The Morgan fingerprint density at radius 3 is 2.86 bits per heavy atom. The molecule has 0 aliphatic carbocycles. The maximum atomic E-state index is 14.5. The first kappa shape index (κ1) is 18.4. The topological polar surface area (TPSA) is 94.1 Å². The monoisotopic (exact) mass is 383 g/mol. The van der Waals surface area contributed by atoms with Gasteiger partial charge in [-0.25, -0.2) is 14.4 Å². The van der Waals surface area contributed by atoms with E-state index in [9.17, 15) is 14.3 Å². The van der Waals surface area contributed by atoms with E-state index < -0.39 is 5.82 Å². The number of H-pyrrole nitrogens is 1. The van der Waals surface area contributed by atoms with Crippen LogP contribution in [0.4, 0.5) is 10.2 Å². The molecule has 0 spiro atoms. The summed E-state index contributed by atoms with van der Waals surface area (Å²) in [5.41, 5.74) is 1.61. The molecule has 1 aliphatic rings. The lowest BCUT2D eigenvalue weighted by Crippen LogP contribution is -2.26. The van der Waals surface area contributed by atoms with Crippen molar-refractivity contribution in [3.63, 3.8) is 0 Å². The van der Waals surface area contributed by atoms with Gasteiger partial charge in [0.1, 0.15) is 5.75 Å². The number of aldehydes is 1. The number of phenols is 1. The minimum Gasteiger partial charge on any atom is -0.508 e. The Morgan fingerprint density at radius 2 is 2.11 bits per heavy atom. The van der Waals surface area contributed by atoms with Crippen LogP contribution in [-0.2, 0) is 0 Å². The van der Waals surface area contributed by atoms with Crippen molar-refractivity contribution >= 4 is 23.0 Å². The van der Waals surface area contributed by atoms with E-state index in [0.717, 1.165) is 19.6 Å². The van der Waals surface area contributed by atoms with Crippen LogP contribution in [0.3, 0.4) is 0 Å². The van der Waals surface area contributed by atoms with Gasteiger partial charge < -0.3 is 20.3 Å². The molecule has 1 aromatic carbocycles. The summed E-state index contributed by atoms with van der Waals surface area (Å²) in [5.74, 6) is -0.0754. The maximum Gasteiger partial charge on any atom is 0.186 e. The van der Waals surface area contributed by atoms with Crippen molar-refractivity contribution < 1.29 is 14.3 Å². The van der Waals surface area contributed by atoms with Gasteiger partial charge in [-0.15, -0.1) is 0 Å². The van der Waals surface area contributed by atoms with Crippen molar-refractivity contribution in [2.75, 3.05) is 31.5 Å². The predicted molar refractivity (Wildman–Crippen MR) is 105 cm³/mol. The third-order valence-electron chi connectivity index (χ3n) is 5.10. The van der Waals surface area contributed by atoms with Gasteiger partial charge in [-0.1, -0.05) is 0 Å². The van der Waals surface area contributed by atoms with Crippen LogP contribution in [-0.4, -0.2) is 57.4 Å². The smallest absolute Gasteiger partial charge is 0.186 e. The third kappa shape index (κ3) is 3.43. The number of fused-ring (bicyclic) bond motifs is 1. The molecule has 4 rings (SSSR count). The quantitative estimate of drug-likeness (QED) is 0.566. The molecule has 2 aromatic heterocycles. The summed E-state index contributed by atoms with van der Waals surface area (Å²) in [6.45, 7) is 5.11. The number of benzene rings is 1. The number of rotatable bonds is 6. The first-order chi connectivity index (χ1) is 13.6. The second-order valence-electron chi connectivity index (χ2n) is 7.03. The first-order valence-electron chi connectivity index (χ1n) is 9.37. The molecule has 1 aliphatic heterocycles. The minimum absolute atomic E-state index is 0.0571. The molecule has 3 N–H and O–H groups in total. The van der Waals surface area contributed by atoms with Gasteiger partial charge in [0.15, 0.2) is 23.7 Å². The summed E-state index contributed by atoms with van der Waals surface area (Å²) < 4.78 is 14.5. The molecule has 3 aromatic rings. The minimum atomic E-state index is -0.494. The van der Waals surface area contributed by atoms with E-state index in [2.05, 4.69) is 25.2 Å². The van der Waals surface area contributed by atoms with Crippen molar-refractivity contribution in [3.8, 4) is 17.3 Å². The van der Waals surface area contributed by atoms with Crippen LogP contribution in [0.15, 0.2) is 18.2 Å². The van der Waals surface area contributed by atoms with Crippen LogP contribution in [0, 0.1) is 12.7 Å². The van der Waals surface area contributed by atoms with Crippen LogP contribution in [0.1, 0.15) is 28.9 Å². The van der Waals surface area contributed by atoms with Gasteiger partial charge in [0.25, 0.3) is 0 Å². The lowest BCUT2D eigenvalue weighted by molar-refractivity contribution is 0.112. The summed E-state index contributed by atoms with van der Waals surface area (Å²) in [4.78, 5) is 25.7. The Morgan fingerprint density at radius 1 is 1.32 bits per heavy atom. The van der Waals surface area contributed by atoms with Crippen molar-refractivity contribution in [2.45, 2.75) is 19.8 Å². The van der Waals surface area contributed by atoms with Gasteiger partial charge in [0, 0.05) is 24.0 Å². The highest BCUT2D eigenvalue weighted by atomic mass is 19.1. The van der Waals surface area contributed by atoms with Gasteiger partial charge in [0.05, 0.1) is 17.0 Å². The molecule has 7 nitrogen and oxygen atoms in total. The maximum absolute atomic E-state index is 14.5. The van der Waals surface area contributed by atoms with Crippen molar-refractivity contribution in [2.24, 2.45) is 0 Å². The van der Waals surface area contributed by atoms with E-state index in [4.69, 9.17) is 0 Å². The molecule has 0 bridgehead atoms. The van der Waals surface area contributed by atoms with E-state index in [0.29, 0.717) is 35.0 Å². The lowest BCUT2D eigenvalue weighted by Gasteiger charge is -2.16. The van der Waals surface area contributed by atoms with Gasteiger partial charge in [-0.3, -0.25) is 4.79 Å². The number of hydrogen-bond acceptors (Lipinski definition) is 6. The van der Waals surface area contributed by atoms with Crippen LogP contribution in [0.25, 0.3) is 22.4 Å². The summed E-state index contributed by atoms with van der Waals surface area (Å²) in [6.07, 6.45) is 3.10. The molecule has 0 unspecified atom stereocenters. The number of aromatic nitrogens is 3. The molecule has 146 valence electrons. The molecule has 1 fully saturated rings. The highest BCUT2D eigenvalue weighted by Gasteiger charge is 2.19. The normalized spacial score (nSPS) is 14.6. The second-order valence-corrected chi connectivity index (χ2v) is 7.03. The molecule has 28 heavy (non-hydrogen) atoms. The average Bonchev–Trinajstić information content (AvgIpc) is 3.32. The number of aromatic hydroxyl groups is 1. The molecular formula is C20H22FN5O2. The number of aryl methyl sites for hydroxylation is 1. The highest BCUT2D eigenvalue weighted by Crippen LogP contribution is 2.30. The summed E-state index contributed by atoms with van der Waals surface area (Å²) in [6, 6.07) is 4.71. The van der Waals surface area contributed by atoms with E-state index in [1.807, 2.05) is 0 Å². The van der Waals surface area contributed by atoms with Gasteiger partial charge >= 0.3 is 0 Å². The number of hydrogen-bond donors (Lipinski definition) is 3. The van der Waals surface area contributed by atoms with Crippen molar-refractivity contribution in [1.82, 2.24) is 19.9 Å². The zero-order chi connectivity index (χ0) is 19.7. The molecule has 0 amide bonds. The number of aromatic amines is 1. The molecule has 3 heterocycles. The van der Waals surface area contributed by atoms with Crippen LogP contribution in [0.2, 0.25) is 0 Å². The summed E-state index contributed by atoms with van der Waals surface area (Å²) in [5, 5.41) is 13.3. The fourth-order valence-electron chi connectivity index (χ4n) is 3.63. The predicted octanol–water partition coefficient (Wildman–Crippen LogP) is 3.10. The number of carbonyl (C=O) groups is 1. The zero-order valence-electron chi connectivity index (χ0n) is 15.6. The van der Waals surface area contributed by atoms with E-state index >= 15 is 0 Å². The number of carbonyl (C=O) groups excluding carboxylic acids is 1. The zero-order valence-corrected chi connectivity index (χ0v) is 15.6. The number of nitrogens with zero attached hydrogens (tertiary/aromatic N) is 3. The van der Waals surface area contributed by atoms with E-state index in [1.54, 1.807) is 13.0 Å². The highest BCUT2D eigenvalue weighted by molar-refractivity contribution is 6.04. The average molecular weight is 383 g/mol. The van der Waals surface area contributed by atoms with Gasteiger partial charge in [-0.05, 0) is 51.1 Å². The molecule has 0 radical (unpaired) electrons. The first-order valence-corrected chi connectivity index (χ1v) is 9.37. The number of anilines is 1. The van der Waals surface area contributed by atoms with E-state index in [1.165, 1.54) is 25.0 Å². The van der Waals surface area contributed by atoms with Crippen LogP contribution < -0.4 is 5.32 Å². The Bertz CT molecular complexity index is 1030. The largest absolute Gasteiger partial charge is 0.508 e. The summed E-state index contributed by atoms with van der Waals surface area (Å²) >= 11 is 0. The molecule has 1 saturated heterocycles.